The second kappa shape index (κ2) is 7.82. The SMILES string of the molecule is O=C(CSc1ccc([N+](=O)[O-])cc1)N(Cc1ccc(F)cc1F)C1CC1. The summed E-state index contributed by atoms with van der Waals surface area (Å²) in [5.74, 6) is -1.30. The Bertz CT molecular complexity index is 826. The van der Waals surface area contributed by atoms with Gasteiger partial charge in [0.15, 0.2) is 0 Å². The van der Waals surface area contributed by atoms with Crippen molar-refractivity contribution in [2.75, 3.05) is 5.75 Å². The van der Waals surface area contributed by atoms with Gasteiger partial charge in [0.1, 0.15) is 11.6 Å². The van der Waals surface area contributed by atoms with Crippen LogP contribution in [0.25, 0.3) is 0 Å². The molecule has 1 fully saturated rings. The molecule has 0 bridgehead atoms. The maximum Gasteiger partial charge on any atom is 0.269 e. The van der Waals surface area contributed by atoms with E-state index in [2.05, 4.69) is 0 Å². The van der Waals surface area contributed by atoms with Crippen LogP contribution in [0.3, 0.4) is 0 Å². The lowest BCUT2D eigenvalue weighted by Gasteiger charge is -2.22. The summed E-state index contributed by atoms with van der Waals surface area (Å²) in [6.45, 7) is 0.108. The molecule has 1 aliphatic carbocycles. The van der Waals surface area contributed by atoms with E-state index in [1.165, 1.54) is 36.0 Å². The number of carbonyl (C=O) groups is 1. The van der Waals surface area contributed by atoms with Gasteiger partial charge in [0.05, 0.1) is 10.7 Å². The predicted octanol–water partition coefficient (Wildman–Crippen LogP) is 4.16. The molecule has 0 aromatic heterocycles. The molecule has 0 N–H and O–H groups in total. The Balaban J connectivity index is 1.63. The second-order valence-corrected chi connectivity index (χ2v) is 7.08. The van der Waals surface area contributed by atoms with Crippen molar-refractivity contribution in [2.24, 2.45) is 0 Å². The first-order valence-corrected chi connectivity index (χ1v) is 9.03. The van der Waals surface area contributed by atoms with E-state index in [0.717, 1.165) is 23.8 Å². The molecular formula is C18H16F2N2O3S. The Hall–Kier alpha value is -2.48. The first-order chi connectivity index (χ1) is 12.4. The first kappa shape index (κ1) is 18.3. The van der Waals surface area contributed by atoms with Crippen molar-refractivity contribution in [1.82, 2.24) is 4.90 Å². The molecule has 1 aliphatic rings. The van der Waals surface area contributed by atoms with Crippen molar-refractivity contribution in [2.45, 2.75) is 30.3 Å². The van der Waals surface area contributed by atoms with E-state index in [0.29, 0.717) is 0 Å². The quantitative estimate of drug-likeness (QED) is 0.412. The minimum absolute atomic E-state index is 0.00734. The largest absolute Gasteiger partial charge is 0.335 e. The van der Waals surface area contributed by atoms with E-state index in [-0.39, 0.29) is 35.5 Å². The number of rotatable bonds is 7. The zero-order valence-corrected chi connectivity index (χ0v) is 14.5. The number of benzene rings is 2. The van der Waals surface area contributed by atoms with Crippen molar-refractivity contribution in [3.05, 3.63) is 69.8 Å². The van der Waals surface area contributed by atoms with Crippen LogP contribution in [0.1, 0.15) is 18.4 Å². The Morgan fingerprint density at radius 2 is 1.88 bits per heavy atom. The number of nitrogens with zero attached hydrogens (tertiary/aromatic N) is 2. The number of non-ortho nitro benzene ring substituents is 1. The van der Waals surface area contributed by atoms with Crippen LogP contribution in [0, 0.1) is 21.7 Å². The number of hydrogen-bond donors (Lipinski definition) is 0. The van der Waals surface area contributed by atoms with E-state index < -0.39 is 16.6 Å². The molecule has 5 nitrogen and oxygen atoms in total. The van der Waals surface area contributed by atoms with Gasteiger partial charge in [-0.1, -0.05) is 6.07 Å². The van der Waals surface area contributed by atoms with E-state index in [1.807, 2.05) is 0 Å². The summed E-state index contributed by atoms with van der Waals surface area (Å²) < 4.78 is 26.9. The van der Waals surface area contributed by atoms with Gasteiger partial charge in [0.25, 0.3) is 5.69 Å². The molecular weight excluding hydrogens is 362 g/mol. The average Bonchev–Trinajstić information content (AvgIpc) is 3.44. The van der Waals surface area contributed by atoms with Crippen molar-refractivity contribution in [3.63, 3.8) is 0 Å². The van der Waals surface area contributed by atoms with Crippen LogP contribution in [0.2, 0.25) is 0 Å². The van der Waals surface area contributed by atoms with Gasteiger partial charge in [-0.05, 0) is 31.0 Å². The molecule has 0 spiro atoms. The normalized spacial score (nSPS) is 13.5. The summed E-state index contributed by atoms with van der Waals surface area (Å²) in [6, 6.07) is 9.41. The molecule has 136 valence electrons. The Morgan fingerprint density at radius 1 is 1.19 bits per heavy atom. The van der Waals surface area contributed by atoms with Gasteiger partial charge >= 0.3 is 0 Å². The molecule has 2 aromatic carbocycles. The molecule has 0 radical (unpaired) electrons. The number of thioether (sulfide) groups is 1. The molecule has 1 amide bonds. The van der Waals surface area contributed by atoms with E-state index in [4.69, 9.17) is 0 Å². The molecule has 2 aromatic rings. The van der Waals surface area contributed by atoms with Crippen molar-refractivity contribution in [3.8, 4) is 0 Å². The van der Waals surface area contributed by atoms with Gasteiger partial charge in [0, 0.05) is 41.2 Å². The molecule has 0 atom stereocenters. The highest BCUT2D eigenvalue weighted by Gasteiger charge is 2.32. The molecule has 8 heteroatoms. The topological polar surface area (TPSA) is 63.4 Å². The molecule has 0 heterocycles. The minimum Gasteiger partial charge on any atom is -0.335 e. The molecule has 3 rings (SSSR count). The summed E-state index contributed by atoms with van der Waals surface area (Å²) in [7, 11) is 0. The van der Waals surface area contributed by atoms with Crippen molar-refractivity contribution >= 4 is 23.4 Å². The number of halogens is 2. The highest BCUT2D eigenvalue weighted by Crippen LogP contribution is 2.30. The molecule has 0 saturated heterocycles. The maximum absolute atomic E-state index is 13.9. The fraction of sp³-hybridized carbons (Fsp3) is 0.278. The fourth-order valence-electron chi connectivity index (χ4n) is 2.53. The number of nitro benzene ring substituents is 1. The third-order valence-corrected chi connectivity index (χ3v) is 5.07. The van der Waals surface area contributed by atoms with Gasteiger partial charge < -0.3 is 4.90 Å². The summed E-state index contributed by atoms with van der Waals surface area (Å²) in [5, 5.41) is 10.7. The van der Waals surface area contributed by atoms with Crippen LogP contribution >= 0.6 is 11.8 Å². The van der Waals surface area contributed by atoms with E-state index >= 15 is 0 Å². The lowest BCUT2D eigenvalue weighted by Crippen LogP contribution is -2.34. The average molecular weight is 378 g/mol. The molecule has 0 unspecified atom stereocenters. The Labute approximate surface area is 153 Å². The summed E-state index contributed by atoms with van der Waals surface area (Å²) >= 11 is 1.27. The van der Waals surface area contributed by atoms with Crippen molar-refractivity contribution < 1.29 is 18.5 Å². The molecule has 0 aliphatic heterocycles. The summed E-state index contributed by atoms with van der Waals surface area (Å²) in [5.41, 5.74) is 0.277. The van der Waals surface area contributed by atoms with E-state index in [1.54, 1.807) is 17.0 Å². The Kier molecular flexibility index (Phi) is 5.51. The zero-order valence-electron chi connectivity index (χ0n) is 13.7. The van der Waals surface area contributed by atoms with Gasteiger partial charge in [-0.25, -0.2) is 8.78 Å². The van der Waals surface area contributed by atoms with E-state index in [9.17, 15) is 23.7 Å². The lowest BCUT2D eigenvalue weighted by molar-refractivity contribution is -0.384. The van der Waals surface area contributed by atoms with Gasteiger partial charge in [-0.2, -0.15) is 0 Å². The van der Waals surface area contributed by atoms with Gasteiger partial charge in [0.2, 0.25) is 5.91 Å². The number of amides is 1. The number of nitro groups is 1. The standard InChI is InChI=1S/C18H16F2N2O3S/c19-13-2-1-12(17(20)9-13)10-21(14-3-4-14)18(23)11-26-16-7-5-15(6-8-16)22(24)25/h1-2,5-9,14H,3-4,10-11H2. The van der Waals surface area contributed by atoms with Crippen molar-refractivity contribution in [1.29, 1.82) is 0 Å². The maximum atomic E-state index is 13.9. The van der Waals surface area contributed by atoms with Gasteiger partial charge in [-0.15, -0.1) is 11.8 Å². The van der Waals surface area contributed by atoms with Crippen LogP contribution in [0.4, 0.5) is 14.5 Å². The molecule has 1 saturated carbocycles. The lowest BCUT2D eigenvalue weighted by atomic mass is 10.2. The fourth-order valence-corrected chi connectivity index (χ4v) is 3.32. The minimum atomic E-state index is -0.661. The third kappa shape index (κ3) is 4.57. The van der Waals surface area contributed by atoms with Crippen LogP contribution in [-0.4, -0.2) is 27.5 Å². The third-order valence-electron chi connectivity index (χ3n) is 4.07. The number of carbonyl (C=O) groups excluding carboxylic acids is 1. The van der Waals surface area contributed by atoms with Crippen LogP contribution in [-0.2, 0) is 11.3 Å². The first-order valence-electron chi connectivity index (χ1n) is 8.04. The zero-order chi connectivity index (χ0) is 18.7. The van der Waals surface area contributed by atoms with Crippen LogP contribution in [0.15, 0.2) is 47.4 Å². The highest BCUT2D eigenvalue weighted by molar-refractivity contribution is 8.00. The van der Waals surface area contributed by atoms with Crippen LogP contribution < -0.4 is 0 Å². The summed E-state index contributed by atoms with van der Waals surface area (Å²) in [4.78, 5) is 25.1. The predicted molar refractivity (Wildman–Crippen MR) is 93.8 cm³/mol. The van der Waals surface area contributed by atoms with Crippen LogP contribution in [0.5, 0.6) is 0 Å². The highest BCUT2D eigenvalue weighted by atomic mass is 32.2. The second-order valence-electron chi connectivity index (χ2n) is 6.03. The Morgan fingerprint density at radius 3 is 2.46 bits per heavy atom. The monoisotopic (exact) mass is 378 g/mol. The summed E-state index contributed by atoms with van der Waals surface area (Å²) in [6.07, 6.45) is 1.74. The number of hydrogen-bond acceptors (Lipinski definition) is 4. The molecule has 26 heavy (non-hydrogen) atoms. The van der Waals surface area contributed by atoms with Gasteiger partial charge in [-0.3, -0.25) is 14.9 Å². The smallest absolute Gasteiger partial charge is 0.269 e.